The summed E-state index contributed by atoms with van der Waals surface area (Å²) in [6.07, 6.45) is 2.25. The molecule has 0 spiro atoms. The second-order valence-electron chi connectivity index (χ2n) is 6.51. The highest BCUT2D eigenvalue weighted by atomic mass is 16.5. The van der Waals surface area contributed by atoms with Gasteiger partial charge in [0.05, 0.1) is 12.2 Å². The van der Waals surface area contributed by atoms with Gasteiger partial charge in [-0.15, -0.1) is 0 Å². The summed E-state index contributed by atoms with van der Waals surface area (Å²) in [6.45, 7) is 7.90. The first-order valence-corrected chi connectivity index (χ1v) is 8.46. The Morgan fingerprint density at radius 2 is 2.04 bits per heavy atom. The lowest BCUT2D eigenvalue weighted by atomic mass is 10.2. The molecule has 0 aliphatic carbocycles. The smallest absolute Gasteiger partial charge is 0.315 e. The zero-order chi connectivity index (χ0) is 17.5. The summed E-state index contributed by atoms with van der Waals surface area (Å²) in [6, 6.07) is 3.69. The molecule has 2 atom stereocenters. The zero-order valence-electron chi connectivity index (χ0n) is 15.1. The topological polar surface area (TPSA) is 69.7 Å². The highest BCUT2D eigenvalue weighted by Gasteiger charge is 2.21. The minimum Gasteiger partial charge on any atom is -0.373 e. The predicted molar refractivity (Wildman–Crippen MR) is 95.3 cm³/mol. The third-order valence-electron chi connectivity index (χ3n) is 3.94. The van der Waals surface area contributed by atoms with Gasteiger partial charge in [-0.3, -0.25) is 4.90 Å². The number of rotatable bonds is 6. The molecule has 1 fully saturated rings. The molecule has 0 bridgehead atoms. The van der Waals surface area contributed by atoms with Crippen LogP contribution in [0.5, 0.6) is 0 Å². The second-order valence-corrected chi connectivity index (χ2v) is 6.51. The van der Waals surface area contributed by atoms with E-state index in [0.717, 1.165) is 31.0 Å². The molecular formula is C17H29N5O2. The van der Waals surface area contributed by atoms with Gasteiger partial charge in [-0.2, -0.15) is 0 Å². The maximum Gasteiger partial charge on any atom is 0.315 e. The summed E-state index contributed by atoms with van der Waals surface area (Å²) in [4.78, 5) is 20.6. The number of anilines is 1. The van der Waals surface area contributed by atoms with Crippen molar-refractivity contribution in [3.63, 3.8) is 0 Å². The largest absolute Gasteiger partial charge is 0.373 e. The number of carbonyl (C=O) groups excluding carboxylic acids is 1. The molecule has 0 radical (unpaired) electrons. The van der Waals surface area contributed by atoms with Gasteiger partial charge in [0.1, 0.15) is 5.82 Å². The van der Waals surface area contributed by atoms with Crippen LogP contribution in [0.25, 0.3) is 0 Å². The minimum absolute atomic E-state index is 0.155. The number of nitrogens with one attached hydrogen (secondary N) is 2. The molecule has 1 aliphatic rings. The van der Waals surface area contributed by atoms with Gasteiger partial charge in [-0.05, 0) is 19.9 Å². The molecule has 2 amide bonds. The number of nitrogens with zero attached hydrogens (tertiary/aromatic N) is 3. The molecule has 0 unspecified atom stereocenters. The number of morpholine rings is 1. The van der Waals surface area contributed by atoms with Crippen molar-refractivity contribution in [1.29, 1.82) is 0 Å². The fourth-order valence-corrected chi connectivity index (χ4v) is 3.00. The SMILES string of the molecule is C[C@H]1CN(CCNC(=O)NCc2cccnc2N(C)C)C[C@H](C)O1. The first-order valence-electron chi connectivity index (χ1n) is 8.46. The number of aromatic nitrogens is 1. The van der Waals surface area contributed by atoms with Crippen molar-refractivity contribution in [2.24, 2.45) is 0 Å². The Morgan fingerprint density at radius 1 is 1.33 bits per heavy atom. The molecule has 2 N–H and O–H groups in total. The molecule has 2 heterocycles. The summed E-state index contributed by atoms with van der Waals surface area (Å²) >= 11 is 0. The molecule has 0 saturated carbocycles. The molecular weight excluding hydrogens is 306 g/mol. The molecule has 24 heavy (non-hydrogen) atoms. The van der Waals surface area contributed by atoms with Crippen LogP contribution < -0.4 is 15.5 Å². The van der Waals surface area contributed by atoms with Crippen LogP contribution >= 0.6 is 0 Å². The quantitative estimate of drug-likeness (QED) is 0.813. The van der Waals surface area contributed by atoms with E-state index in [1.807, 2.05) is 31.1 Å². The Kier molecular flexibility index (Phi) is 6.81. The molecule has 2 rings (SSSR count). The number of amides is 2. The van der Waals surface area contributed by atoms with Crippen molar-refractivity contribution in [2.45, 2.75) is 32.6 Å². The highest BCUT2D eigenvalue weighted by molar-refractivity contribution is 5.74. The monoisotopic (exact) mass is 335 g/mol. The third-order valence-corrected chi connectivity index (χ3v) is 3.94. The summed E-state index contributed by atoms with van der Waals surface area (Å²) in [5.41, 5.74) is 0.994. The molecule has 7 heteroatoms. The van der Waals surface area contributed by atoms with E-state index >= 15 is 0 Å². The number of carbonyl (C=O) groups is 1. The van der Waals surface area contributed by atoms with E-state index in [4.69, 9.17) is 4.74 Å². The van der Waals surface area contributed by atoms with Crippen LogP contribution in [0.4, 0.5) is 10.6 Å². The lowest BCUT2D eigenvalue weighted by molar-refractivity contribution is -0.0672. The lowest BCUT2D eigenvalue weighted by Crippen LogP contribution is -2.48. The number of pyridine rings is 1. The van der Waals surface area contributed by atoms with Crippen molar-refractivity contribution in [3.05, 3.63) is 23.9 Å². The van der Waals surface area contributed by atoms with Crippen LogP contribution in [-0.2, 0) is 11.3 Å². The van der Waals surface area contributed by atoms with Crippen molar-refractivity contribution in [2.75, 3.05) is 45.2 Å². The summed E-state index contributed by atoms with van der Waals surface area (Å²) in [7, 11) is 3.88. The van der Waals surface area contributed by atoms with E-state index < -0.39 is 0 Å². The molecule has 1 aliphatic heterocycles. The summed E-state index contributed by atoms with van der Waals surface area (Å²) < 4.78 is 5.71. The van der Waals surface area contributed by atoms with Gasteiger partial charge in [0, 0.05) is 58.6 Å². The van der Waals surface area contributed by atoms with E-state index in [1.54, 1.807) is 6.20 Å². The first kappa shape index (κ1) is 18.5. The third kappa shape index (κ3) is 5.65. The van der Waals surface area contributed by atoms with E-state index in [1.165, 1.54) is 0 Å². The lowest BCUT2D eigenvalue weighted by Gasteiger charge is -2.35. The van der Waals surface area contributed by atoms with Crippen LogP contribution in [0.15, 0.2) is 18.3 Å². The van der Waals surface area contributed by atoms with E-state index in [-0.39, 0.29) is 18.2 Å². The fourth-order valence-electron chi connectivity index (χ4n) is 3.00. The molecule has 1 aromatic heterocycles. The van der Waals surface area contributed by atoms with Crippen LogP contribution in [0.2, 0.25) is 0 Å². The Hall–Kier alpha value is -1.86. The zero-order valence-corrected chi connectivity index (χ0v) is 15.1. The first-order chi connectivity index (χ1) is 11.5. The van der Waals surface area contributed by atoms with Gasteiger partial charge in [0.25, 0.3) is 0 Å². The highest BCUT2D eigenvalue weighted by Crippen LogP contribution is 2.13. The van der Waals surface area contributed by atoms with Crippen LogP contribution in [0.3, 0.4) is 0 Å². The van der Waals surface area contributed by atoms with Crippen molar-refractivity contribution < 1.29 is 9.53 Å². The van der Waals surface area contributed by atoms with Gasteiger partial charge < -0.3 is 20.3 Å². The molecule has 0 aromatic carbocycles. The Morgan fingerprint density at radius 3 is 2.71 bits per heavy atom. The van der Waals surface area contributed by atoms with Crippen LogP contribution in [0, 0.1) is 0 Å². The number of hydrogen-bond donors (Lipinski definition) is 2. The van der Waals surface area contributed by atoms with Gasteiger partial charge in [-0.25, -0.2) is 9.78 Å². The van der Waals surface area contributed by atoms with Crippen LogP contribution in [0.1, 0.15) is 19.4 Å². The van der Waals surface area contributed by atoms with Crippen molar-refractivity contribution in [3.8, 4) is 0 Å². The van der Waals surface area contributed by atoms with Crippen molar-refractivity contribution >= 4 is 11.8 Å². The molecule has 1 saturated heterocycles. The Balaban J connectivity index is 1.70. The maximum absolute atomic E-state index is 12.0. The van der Waals surface area contributed by atoms with Crippen LogP contribution in [-0.4, -0.2) is 68.4 Å². The average molecular weight is 335 g/mol. The Bertz CT molecular complexity index is 527. The fraction of sp³-hybridized carbons (Fsp3) is 0.647. The van der Waals surface area contributed by atoms with Gasteiger partial charge in [-0.1, -0.05) is 6.07 Å². The van der Waals surface area contributed by atoms with E-state index in [9.17, 15) is 4.79 Å². The standard InChI is InChI=1S/C17H29N5O2/c1-13-11-22(12-14(2)24-13)9-8-19-17(23)20-10-15-6-5-7-18-16(15)21(3)4/h5-7,13-14H,8-12H2,1-4H3,(H2,19,20,23)/t13-,14-/m0/s1. The number of urea groups is 1. The Labute approximate surface area is 144 Å². The van der Waals surface area contributed by atoms with Gasteiger partial charge in [0.15, 0.2) is 0 Å². The molecule has 7 nitrogen and oxygen atoms in total. The second kappa shape index (κ2) is 8.84. The number of ether oxygens (including phenoxy) is 1. The van der Waals surface area contributed by atoms with E-state index in [2.05, 4.69) is 34.4 Å². The number of hydrogen-bond acceptors (Lipinski definition) is 5. The predicted octanol–water partition coefficient (Wildman–Crippen LogP) is 1.06. The molecule has 134 valence electrons. The minimum atomic E-state index is -0.155. The van der Waals surface area contributed by atoms with Crippen molar-refractivity contribution in [1.82, 2.24) is 20.5 Å². The van der Waals surface area contributed by atoms with Gasteiger partial charge in [0.2, 0.25) is 0 Å². The average Bonchev–Trinajstić information content (AvgIpc) is 2.52. The normalized spacial score (nSPS) is 21.3. The maximum atomic E-state index is 12.0. The van der Waals surface area contributed by atoms with E-state index in [0.29, 0.717) is 13.1 Å². The summed E-state index contributed by atoms with van der Waals surface area (Å²) in [5, 5.41) is 5.80. The van der Waals surface area contributed by atoms with Gasteiger partial charge >= 0.3 is 6.03 Å². The summed E-state index contributed by atoms with van der Waals surface area (Å²) in [5.74, 6) is 0.870. The molecule has 1 aromatic rings.